The van der Waals surface area contributed by atoms with Crippen LogP contribution in [0.5, 0.6) is 5.75 Å². The molecule has 0 aliphatic carbocycles. The van der Waals surface area contributed by atoms with Gasteiger partial charge >= 0.3 is 0 Å². The van der Waals surface area contributed by atoms with E-state index in [1.807, 2.05) is 25.1 Å². The Balaban J connectivity index is 1.66. The van der Waals surface area contributed by atoms with Gasteiger partial charge in [-0.2, -0.15) is 0 Å². The van der Waals surface area contributed by atoms with E-state index in [1.165, 1.54) is 0 Å². The van der Waals surface area contributed by atoms with Gasteiger partial charge < -0.3 is 15.4 Å². The first-order valence-electron chi connectivity index (χ1n) is 8.66. The Hall–Kier alpha value is -3.60. The summed E-state index contributed by atoms with van der Waals surface area (Å²) in [6, 6.07) is 22.9. The van der Waals surface area contributed by atoms with Crippen molar-refractivity contribution in [3.63, 3.8) is 0 Å². The maximum atomic E-state index is 12.4. The third-order valence-corrected chi connectivity index (χ3v) is 3.84. The molecule has 2 N–H and O–H groups in total. The minimum Gasteiger partial charge on any atom is -0.494 e. The Labute approximate surface area is 158 Å². The van der Waals surface area contributed by atoms with Gasteiger partial charge in [0.15, 0.2) is 0 Å². The van der Waals surface area contributed by atoms with Crippen molar-refractivity contribution in [1.29, 1.82) is 0 Å². The Morgan fingerprint density at radius 3 is 1.85 bits per heavy atom. The first-order chi connectivity index (χ1) is 13.2. The summed E-state index contributed by atoms with van der Waals surface area (Å²) in [5, 5.41) is 5.66. The molecule has 3 aromatic rings. The molecule has 5 heteroatoms. The number of benzene rings is 3. The van der Waals surface area contributed by atoms with Crippen LogP contribution < -0.4 is 15.4 Å². The van der Waals surface area contributed by atoms with Gasteiger partial charge in [0.1, 0.15) is 5.75 Å². The number of hydrogen-bond donors (Lipinski definition) is 2. The maximum Gasteiger partial charge on any atom is 0.255 e. The normalized spacial score (nSPS) is 10.1. The van der Waals surface area contributed by atoms with Crippen molar-refractivity contribution in [2.45, 2.75) is 6.92 Å². The largest absolute Gasteiger partial charge is 0.494 e. The van der Waals surface area contributed by atoms with Crippen molar-refractivity contribution >= 4 is 23.2 Å². The first kappa shape index (κ1) is 18.2. The second-order valence-electron chi connectivity index (χ2n) is 5.81. The molecule has 0 saturated carbocycles. The fourth-order valence-electron chi connectivity index (χ4n) is 2.54. The molecule has 0 unspecified atom stereocenters. The molecule has 3 aromatic carbocycles. The highest BCUT2D eigenvalue weighted by molar-refractivity contribution is 6.06. The van der Waals surface area contributed by atoms with E-state index >= 15 is 0 Å². The fourth-order valence-corrected chi connectivity index (χ4v) is 2.54. The monoisotopic (exact) mass is 360 g/mol. The zero-order valence-corrected chi connectivity index (χ0v) is 14.9. The summed E-state index contributed by atoms with van der Waals surface area (Å²) in [6.45, 7) is 2.48. The van der Waals surface area contributed by atoms with Gasteiger partial charge in [0.2, 0.25) is 0 Å². The molecule has 2 amide bonds. The number of anilines is 2. The van der Waals surface area contributed by atoms with Crippen LogP contribution in [0.2, 0.25) is 0 Å². The maximum absolute atomic E-state index is 12.4. The standard InChI is InChI=1S/C22H20N2O3/c1-2-27-20-13-11-17(12-14-20)22(26)24-19-10-6-9-18(15-19)23-21(25)16-7-4-3-5-8-16/h3-15H,2H2,1H3,(H,23,25)(H,24,26). The molecule has 0 atom stereocenters. The van der Waals surface area contributed by atoms with Crippen LogP contribution in [0, 0.1) is 0 Å². The van der Waals surface area contributed by atoms with Crippen LogP contribution in [0.4, 0.5) is 11.4 Å². The van der Waals surface area contributed by atoms with E-state index < -0.39 is 0 Å². The van der Waals surface area contributed by atoms with Gasteiger partial charge in [0.25, 0.3) is 11.8 Å². The lowest BCUT2D eigenvalue weighted by Crippen LogP contribution is -2.14. The van der Waals surface area contributed by atoms with Gasteiger partial charge in [-0.25, -0.2) is 0 Å². The fraction of sp³-hybridized carbons (Fsp3) is 0.0909. The second-order valence-corrected chi connectivity index (χ2v) is 5.81. The van der Waals surface area contributed by atoms with Crippen LogP contribution in [-0.2, 0) is 0 Å². The van der Waals surface area contributed by atoms with Crippen LogP contribution in [0.3, 0.4) is 0 Å². The van der Waals surface area contributed by atoms with E-state index in [2.05, 4.69) is 10.6 Å². The lowest BCUT2D eigenvalue weighted by atomic mass is 10.2. The Bertz CT molecular complexity index is 922. The first-order valence-corrected chi connectivity index (χ1v) is 8.66. The van der Waals surface area contributed by atoms with Gasteiger partial charge in [-0.1, -0.05) is 24.3 Å². The summed E-state index contributed by atoms with van der Waals surface area (Å²) in [5.74, 6) is 0.287. The molecular formula is C22H20N2O3. The average Bonchev–Trinajstić information content (AvgIpc) is 2.70. The second kappa shape index (κ2) is 8.67. The topological polar surface area (TPSA) is 67.4 Å². The van der Waals surface area contributed by atoms with Crippen LogP contribution in [0.15, 0.2) is 78.9 Å². The van der Waals surface area contributed by atoms with E-state index in [0.717, 1.165) is 5.75 Å². The lowest BCUT2D eigenvalue weighted by Gasteiger charge is -2.09. The van der Waals surface area contributed by atoms with Crippen molar-refractivity contribution in [2.24, 2.45) is 0 Å². The molecule has 0 radical (unpaired) electrons. The van der Waals surface area contributed by atoms with Crippen LogP contribution >= 0.6 is 0 Å². The summed E-state index contributed by atoms with van der Waals surface area (Å²) in [7, 11) is 0. The number of carbonyl (C=O) groups excluding carboxylic acids is 2. The molecule has 5 nitrogen and oxygen atoms in total. The predicted octanol–water partition coefficient (Wildman–Crippen LogP) is 4.59. The van der Waals surface area contributed by atoms with Gasteiger partial charge in [-0.3, -0.25) is 9.59 Å². The average molecular weight is 360 g/mol. The summed E-state index contributed by atoms with van der Waals surface area (Å²) in [5.41, 5.74) is 2.30. The quantitative estimate of drug-likeness (QED) is 0.676. The van der Waals surface area contributed by atoms with Crippen LogP contribution in [-0.4, -0.2) is 18.4 Å². The molecule has 136 valence electrons. The third-order valence-electron chi connectivity index (χ3n) is 3.84. The third kappa shape index (κ3) is 4.95. The van der Waals surface area contributed by atoms with Crippen molar-refractivity contribution in [3.8, 4) is 5.75 Å². The Morgan fingerprint density at radius 1 is 0.741 bits per heavy atom. The summed E-state index contributed by atoms with van der Waals surface area (Å²) in [4.78, 5) is 24.6. The van der Waals surface area contributed by atoms with E-state index in [0.29, 0.717) is 29.1 Å². The predicted molar refractivity (Wildman–Crippen MR) is 106 cm³/mol. The number of hydrogen-bond acceptors (Lipinski definition) is 3. The molecular weight excluding hydrogens is 340 g/mol. The van der Waals surface area contributed by atoms with Gasteiger partial charge in [0.05, 0.1) is 6.61 Å². The van der Waals surface area contributed by atoms with Crippen LogP contribution in [0.25, 0.3) is 0 Å². The number of rotatable bonds is 6. The summed E-state index contributed by atoms with van der Waals surface area (Å²) >= 11 is 0. The van der Waals surface area contributed by atoms with E-state index in [9.17, 15) is 9.59 Å². The Morgan fingerprint density at radius 2 is 1.30 bits per heavy atom. The highest BCUT2D eigenvalue weighted by atomic mass is 16.5. The molecule has 0 heterocycles. The number of nitrogens with one attached hydrogen (secondary N) is 2. The van der Waals surface area contributed by atoms with E-state index in [4.69, 9.17) is 4.74 Å². The number of ether oxygens (including phenoxy) is 1. The minimum atomic E-state index is -0.232. The van der Waals surface area contributed by atoms with E-state index in [-0.39, 0.29) is 11.8 Å². The highest BCUT2D eigenvalue weighted by Gasteiger charge is 2.09. The highest BCUT2D eigenvalue weighted by Crippen LogP contribution is 2.18. The molecule has 0 saturated heterocycles. The lowest BCUT2D eigenvalue weighted by molar-refractivity contribution is 0.101. The van der Waals surface area contributed by atoms with Crippen LogP contribution in [0.1, 0.15) is 27.6 Å². The molecule has 0 bridgehead atoms. The number of carbonyl (C=O) groups is 2. The zero-order chi connectivity index (χ0) is 19.1. The molecule has 0 spiro atoms. The van der Waals surface area contributed by atoms with Crippen molar-refractivity contribution < 1.29 is 14.3 Å². The van der Waals surface area contributed by atoms with Crippen molar-refractivity contribution in [3.05, 3.63) is 90.0 Å². The number of amides is 2. The molecule has 27 heavy (non-hydrogen) atoms. The molecule has 3 rings (SSSR count). The van der Waals surface area contributed by atoms with Gasteiger partial charge in [0, 0.05) is 22.5 Å². The smallest absolute Gasteiger partial charge is 0.255 e. The van der Waals surface area contributed by atoms with E-state index in [1.54, 1.807) is 60.7 Å². The van der Waals surface area contributed by atoms with Gasteiger partial charge in [-0.15, -0.1) is 0 Å². The van der Waals surface area contributed by atoms with Crippen molar-refractivity contribution in [2.75, 3.05) is 17.2 Å². The minimum absolute atomic E-state index is 0.203. The molecule has 0 aliphatic rings. The summed E-state index contributed by atoms with van der Waals surface area (Å²) in [6.07, 6.45) is 0. The SMILES string of the molecule is CCOc1ccc(C(=O)Nc2cccc(NC(=O)c3ccccc3)c2)cc1. The molecule has 0 aliphatic heterocycles. The zero-order valence-electron chi connectivity index (χ0n) is 14.9. The van der Waals surface area contributed by atoms with Crippen molar-refractivity contribution in [1.82, 2.24) is 0 Å². The molecule has 0 aromatic heterocycles. The van der Waals surface area contributed by atoms with Gasteiger partial charge in [-0.05, 0) is 61.5 Å². The Kier molecular flexibility index (Phi) is 5.84. The molecule has 0 fully saturated rings. The summed E-state index contributed by atoms with van der Waals surface area (Å²) < 4.78 is 5.38.